The molecule has 3 nitrogen and oxygen atoms in total. The van der Waals surface area contributed by atoms with E-state index in [9.17, 15) is 0 Å². The van der Waals surface area contributed by atoms with Crippen LogP contribution in [0.2, 0.25) is 0 Å². The molecule has 0 aliphatic heterocycles. The molecule has 6 heteroatoms. The van der Waals surface area contributed by atoms with E-state index < -0.39 is 0 Å². The lowest BCUT2D eigenvalue weighted by Crippen LogP contribution is -1.93. The van der Waals surface area contributed by atoms with Gasteiger partial charge in [0.25, 0.3) is 0 Å². The maximum atomic E-state index is 5.68. The second-order valence-corrected chi connectivity index (χ2v) is 5.20. The molecule has 0 bridgehead atoms. The van der Waals surface area contributed by atoms with Gasteiger partial charge in [0, 0.05) is 10.7 Å². The highest BCUT2D eigenvalue weighted by molar-refractivity contribution is 9.11. The van der Waals surface area contributed by atoms with Crippen LogP contribution in [0.15, 0.2) is 39.5 Å². The summed E-state index contributed by atoms with van der Waals surface area (Å²) in [6.07, 6.45) is 3.15. The predicted octanol–water partition coefficient (Wildman–Crippen LogP) is 4.53. The monoisotopic (exact) mass is 376 g/mol. The maximum Gasteiger partial charge on any atom is 0.238 e. The highest BCUT2D eigenvalue weighted by Gasteiger charge is 2.05. The third-order valence-electron chi connectivity index (χ3n) is 1.91. The van der Waals surface area contributed by atoms with E-state index in [0.29, 0.717) is 23.2 Å². The number of ether oxygens (including phenoxy) is 1. The average Bonchev–Trinajstić information content (AvgIpc) is 2.33. The number of nitrogens with zero attached hydrogens (tertiary/aromatic N) is 2. The molecule has 0 N–H and O–H groups in total. The normalized spacial score (nSPS) is 10.3. The van der Waals surface area contributed by atoms with Crippen molar-refractivity contribution in [1.82, 2.24) is 9.97 Å². The molecule has 1 aromatic carbocycles. The van der Waals surface area contributed by atoms with E-state index in [4.69, 9.17) is 16.3 Å². The molecule has 0 amide bonds. The first kappa shape index (κ1) is 12.8. The van der Waals surface area contributed by atoms with Crippen molar-refractivity contribution in [2.24, 2.45) is 0 Å². The zero-order valence-corrected chi connectivity index (χ0v) is 12.5. The minimum Gasteiger partial charge on any atom is -0.436 e. The first-order valence-electron chi connectivity index (χ1n) is 4.69. The summed E-state index contributed by atoms with van der Waals surface area (Å²) in [6.45, 7) is 0. The van der Waals surface area contributed by atoms with Gasteiger partial charge < -0.3 is 4.74 Å². The minimum absolute atomic E-state index is 0.311. The van der Waals surface area contributed by atoms with E-state index in [1.54, 1.807) is 12.4 Å². The van der Waals surface area contributed by atoms with Gasteiger partial charge in [0.1, 0.15) is 5.75 Å². The highest BCUT2D eigenvalue weighted by atomic mass is 79.9. The number of aromatic nitrogens is 2. The van der Waals surface area contributed by atoms with Crippen molar-refractivity contribution in [3.05, 3.63) is 45.2 Å². The zero-order chi connectivity index (χ0) is 12.3. The maximum absolute atomic E-state index is 5.68. The Balaban J connectivity index is 2.25. The third kappa shape index (κ3) is 3.40. The SMILES string of the molecule is ClCc1cncc(Oc2ccc(Br)cc2Br)n1. The highest BCUT2D eigenvalue weighted by Crippen LogP contribution is 2.31. The number of hydrogen-bond acceptors (Lipinski definition) is 3. The predicted molar refractivity (Wildman–Crippen MR) is 73.5 cm³/mol. The van der Waals surface area contributed by atoms with E-state index in [1.165, 1.54) is 0 Å². The van der Waals surface area contributed by atoms with Crippen molar-refractivity contribution in [3.8, 4) is 11.6 Å². The van der Waals surface area contributed by atoms with Crippen molar-refractivity contribution in [2.75, 3.05) is 0 Å². The van der Waals surface area contributed by atoms with Gasteiger partial charge in [-0.25, -0.2) is 4.98 Å². The van der Waals surface area contributed by atoms with Gasteiger partial charge in [-0.1, -0.05) is 15.9 Å². The van der Waals surface area contributed by atoms with E-state index >= 15 is 0 Å². The second kappa shape index (κ2) is 5.80. The van der Waals surface area contributed by atoms with Gasteiger partial charge in [-0.2, -0.15) is 0 Å². The number of hydrogen-bond donors (Lipinski definition) is 0. The van der Waals surface area contributed by atoms with E-state index in [-0.39, 0.29) is 0 Å². The fourth-order valence-corrected chi connectivity index (χ4v) is 2.43. The largest absolute Gasteiger partial charge is 0.436 e. The molecule has 2 rings (SSSR count). The molecule has 0 radical (unpaired) electrons. The van der Waals surface area contributed by atoms with Gasteiger partial charge in [0.15, 0.2) is 0 Å². The lowest BCUT2D eigenvalue weighted by molar-refractivity contribution is 0.455. The van der Waals surface area contributed by atoms with E-state index in [1.807, 2.05) is 18.2 Å². The smallest absolute Gasteiger partial charge is 0.238 e. The van der Waals surface area contributed by atoms with Gasteiger partial charge in [-0.05, 0) is 34.1 Å². The fourth-order valence-electron chi connectivity index (χ4n) is 1.17. The lowest BCUT2D eigenvalue weighted by Gasteiger charge is -2.07. The summed E-state index contributed by atoms with van der Waals surface area (Å²) in [6, 6.07) is 5.62. The molecule has 0 atom stereocenters. The first-order chi connectivity index (χ1) is 8.19. The molecule has 0 fully saturated rings. The Morgan fingerprint density at radius 2 is 2.06 bits per heavy atom. The van der Waals surface area contributed by atoms with Gasteiger partial charge in [-0.3, -0.25) is 4.98 Å². The van der Waals surface area contributed by atoms with E-state index in [2.05, 4.69) is 41.8 Å². The summed E-state index contributed by atoms with van der Waals surface area (Å²) in [5.41, 5.74) is 0.678. The Kier molecular flexibility index (Phi) is 4.36. The Morgan fingerprint density at radius 3 is 2.76 bits per heavy atom. The quantitative estimate of drug-likeness (QED) is 0.736. The van der Waals surface area contributed by atoms with Crippen LogP contribution < -0.4 is 4.74 Å². The summed E-state index contributed by atoms with van der Waals surface area (Å²) in [5, 5.41) is 0. The van der Waals surface area contributed by atoms with Crippen LogP contribution in [0.1, 0.15) is 5.69 Å². The molecule has 2 aromatic rings. The number of benzene rings is 1. The van der Waals surface area contributed by atoms with Crippen molar-refractivity contribution < 1.29 is 4.74 Å². The molecule has 0 unspecified atom stereocenters. The summed E-state index contributed by atoms with van der Waals surface area (Å²) in [5.74, 6) is 1.41. The molecule has 88 valence electrons. The number of rotatable bonds is 3. The van der Waals surface area contributed by atoms with Crippen molar-refractivity contribution in [1.29, 1.82) is 0 Å². The van der Waals surface area contributed by atoms with Crippen LogP contribution in [0.4, 0.5) is 0 Å². The molecule has 0 aliphatic carbocycles. The molecule has 1 heterocycles. The Labute approximate surface area is 120 Å². The van der Waals surface area contributed by atoms with Gasteiger partial charge >= 0.3 is 0 Å². The van der Waals surface area contributed by atoms with Gasteiger partial charge in [0.05, 0.1) is 22.2 Å². The fraction of sp³-hybridized carbons (Fsp3) is 0.0909. The summed E-state index contributed by atoms with van der Waals surface area (Å²) in [4.78, 5) is 8.20. The average molecular weight is 378 g/mol. The second-order valence-electron chi connectivity index (χ2n) is 3.16. The summed E-state index contributed by atoms with van der Waals surface area (Å²) in [7, 11) is 0. The van der Waals surface area contributed by atoms with Crippen LogP contribution in [-0.4, -0.2) is 9.97 Å². The number of alkyl halides is 1. The van der Waals surface area contributed by atoms with Gasteiger partial charge in [0.2, 0.25) is 5.88 Å². The van der Waals surface area contributed by atoms with Crippen LogP contribution in [0.25, 0.3) is 0 Å². The third-order valence-corrected chi connectivity index (χ3v) is 3.29. The van der Waals surface area contributed by atoms with E-state index in [0.717, 1.165) is 8.95 Å². The molecular formula is C11H7Br2ClN2O. The van der Waals surface area contributed by atoms with Crippen LogP contribution >= 0.6 is 43.5 Å². The van der Waals surface area contributed by atoms with Crippen LogP contribution in [0.3, 0.4) is 0 Å². The minimum atomic E-state index is 0.311. The molecule has 0 saturated heterocycles. The topological polar surface area (TPSA) is 35.0 Å². The Bertz CT molecular complexity index is 537. The molecular weight excluding hydrogens is 371 g/mol. The molecule has 1 aromatic heterocycles. The zero-order valence-electron chi connectivity index (χ0n) is 8.53. The summed E-state index contributed by atoms with van der Waals surface area (Å²) < 4.78 is 7.41. The van der Waals surface area contributed by atoms with Crippen LogP contribution in [0, 0.1) is 0 Å². The molecule has 0 saturated carbocycles. The first-order valence-corrected chi connectivity index (χ1v) is 6.81. The standard InChI is InChI=1S/C11H7Br2ClN2O/c12-7-1-2-10(9(13)3-7)17-11-6-15-5-8(4-14)16-11/h1-3,5-6H,4H2. The Hall–Kier alpha value is -0.650. The van der Waals surface area contributed by atoms with Crippen molar-refractivity contribution in [3.63, 3.8) is 0 Å². The Morgan fingerprint density at radius 1 is 1.24 bits per heavy atom. The summed E-state index contributed by atoms with van der Waals surface area (Å²) >= 11 is 12.5. The molecule has 0 aliphatic rings. The lowest BCUT2D eigenvalue weighted by atomic mass is 10.3. The van der Waals surface area contributed by atoms with Crippen molar-refractivity contribution >= 4 is 43.5 Å². The number of halogens is 3. The van der Waals surface area contributed by atoms with Crippen LogP contribution in [0.5, 0.6) is 11.6 Å². The molecule has 0 spiro atoms. The van der Waals surface area contributed by atoms with Crippen LogP contribution in [-0.2, 0) is 5.88 Å². The van der Waals surface area contributed by atoms with Crippen molar-refractivity contribution in [2.45, 2.75) is 5.88 Å². The molecule has 17 heavy (non-hydrogen) atoms. The van der Waals surface area contributed by atoms with Gasteiger partial charge in [-0.15, -0.1) is 11.6 Å².